The molecule has 0 spiro atoms. The summed E-state index contributed by atoms with van der Waals surface area (Å²) < 4.78 is 1.05. The molecule has 19 heavy (non-hydrogen) atoms. The fraction of sp³-hybridized carbons (Fsp3) is 0.562. The summed E-state index contributed by atoms with van der Waals surface area (Å²) >= 11 is 3.45. The van der Waals surface area contributed by atoms with E-state index in [1.165, 1.54) is 32.1 Å². The van der Waals surface area contributed by atoms with Crippen molar-refractivity contribution in [2.24, 2.45) is 5.92 Å². The first kappa shape index (κ1) is 14.6. The summed E-state index contributed by atoms with van der Waals surface area (Å²) in [5.41, 5.74) is 1.85. The Morgan fingerprint density at radius 2 is 2.11 bits per heavy atom. The van der Waals surface area contributed by atoms with Crippen molar-refractivity contribution in [3.8, 4) is 0 Å². The summed E-state index contributed by atoms with van der Waals surface area (Å²) in [5.74, 6) is 0.953. The molecular weight excluding hydrogens is 302 g/mol. The van der Waals surface area contributed by atoms with Crippen LogP contribution in [0, 0.1) is 12.8 Å². The zero-order valence-electron chi connectivity index (χ0n) is 11.5. The largest absolute Gasteiger partial charge is 0.352 e. The molecule has 1 N–H and O–H groups in total. The summed E-state index contributed by atoms with van der Waals surface area (Å²) in [6, 6.07) is 5.72. The topological polar surface area (TPSA) is 29.1 Å². The van der Waals surface area contributed by atoms with Gasteiger partial charge in [0.25, 0.3) is 5.91 Å². The van der Waals surface area contributed by atoms with Gasteiger partial charge in [-0.15, -0.1) is 0 Å². The molecule has 1 aliphatic carbocycles. The van der Waals surface area contributed by atoms with Crippen molar-refractivity contribution >= 4 is 21.8 Å². The molecule has 1 aliphatic rings. The first-order valence-electron chi connectivity index (χ1n) is 7.21. The van der Waals surface area contributed by atoms with Crippen molar-refractivity contribution in [3.63, 3.8) is 0 Å². The van der Waals surface area contributed by atoms with Gasteiger partial charge in [-0.25, -0.2) is 0 Å². The van der Waals surface area contributed by atoms with Gasteiger partial charge >= 0.3 is 0 Å². The molecule has 0 unspecified atom stereocenters. The Hall–Kier alpha value is -0.830. The second-order valence-electron chi connectivity index (χ2n) is 5.51. The lowest BCUT2D eigenvalue weighted by Crippen LogP contribution is -2.24. The van der Waals surface area contributed by atoms with Gasteiger partial charge in [0, 0.05) is 16.6 Å². The fourth-order valence-electron chi connectivity index (χ4n) is 2.78. The first-order chi connectivity index (χ1) is 9.16. The van der Waals surface area contributed by atoms with E-state index in [1.54, 1.807) is 0 Å². The van der Waals surface area contributed by atoms with Crippen LogP contribution in [-0.4, -0.2) is 12.5 Å². The Morgan fingerprint density at radius 1 is 1.37 bits per heavy atom. The molecule has 3 heteroatoms. The molecule has 0 saturated heterocycles. The summed E-state index contributed by atoms with van der Waals surface area (Å²) in [6.45, 7) is 2.80. The van der Waals surface area contributed by atoms with E-state index in [0.29, 0.717) is 0 Å². The smallest absolute Gasteiger partial charge is 0.251 e. The maximum atomic E-state index is 12.0. The summed E-state index contributed by atoms with van der Waals surface area (Å²) in [4.78, 5) is 12.0. The number of carbonyl (C=O) groups excluding carboxylic acids is 1. The number of hydrogen-bond donors (Lipinski definition) is 1. The van der Waals surface area contributed by atoms with Gasteiger partial charge < -0.3 is 5.32 Å². The van der Waals surface area contributed by atoms with Crippen LogP contribution < -0.4 is 5.32 Å². The van der Waals surface area contributed by atoms with Crippen molar-refractivity contribution in [2.75, 3.05) is 6.54 Å². The highest BCUT2D eigenvalue weighted by Crippen LogP contribution is 2.28. The van der Waals surface area contributed by atoms with E-state index in [-0.39, 0.29) is 5.91 Å². The van der Waals surface area contributed by atoms with Gasteiger partial charge in [-0.1, -0.05) is 41.6 Å². The van der Waals surface area contributed by atoms with Gasteiger partial charge in [0.1, 0.15) is 0 Å². The van der Waals surface area contributed by atoms with Crippen LogP contribution in [0.3, 0.4) is 0 Å². The SMILES string of the molecule is Cc1cc(C(=O)NCCCC2CCCC2)ccc1Br. The number of hydrogen-bond acceptors (Lipinski definition) is 1. The minimum absolute atomic E-state index is 0.0435. The number of aryl methyl sites for hydroxylation is 1. The molecule has 0 aromatic heterocycles. The molecule has 1 amide bonds. The van der Waals surface area contributed by atoms with E-state index < -0.39 is 0 Å². The van der Waals surface area contributed by atoms with Gasteiger partial charge in [-0.05, 0) is 49.4 Å². The van der Waals surface area contributed by atoms with Gasteiger partial charge in [0.05, 0.1) is 0 Å². The van der Waals surface area contributed by atoms with Crippen molar-refractivity contribution in [1.82, 2.24) is 5.32 Å². The lowest BCUT2D eigenvalue weighted by Gasteiger charge is -2.10. The first-order valence-corrected chi connectivity index (χ1v) is 8.00. The maximum Gasteiger partial charge on any atom is 0.251 e. The lowest BCUT2D eigenvalue weighted by atomic mass is 10.0. The molecule has 1 aromatic rings. The molecule has 2 rings (SSSR count). The average molecular weight is 324 g/mol. The minimum atomic E-state index is 0.0435. The second kappa shape index (κ2) is 7.09. The standard InChI is InChI=1S/C16H22BrNO/c1-12-11-14(8-9-15(12)17)16(19)18-10-4-7-13-5-2-3-6-13/h8-9,11,13H,2-7,10H2,1H3,(H,18,19). The molecule has 104 valence electrons. The van der Waals surface area contributed by atoms with Crippen LogP contribution in [0.5, 0.6) is 0 Å². The monoisotopic (exact) mass is 323 g/mol. The third-order valence-corrected chi connectivity index (χ3v) is 4.86. The third kappa shape index (κ3) is 4.34. The molecule has 0 atom stereocenters. The number of nitrogens with one attached hydrogen (secondary N) is 1. The third-order valence-electron chi connectivity index (χ3n) is 3.97. The Morgan fingerprint density at radius 3 is 2.79 bits per heavy atom. The highest BCUT2D eigenvalue weighted by atomic mass is 79.9. The minimum Gasteiger partial charge on any atom is -0.352 e. The summed E-state index contributed by atoms with van der Waals surface area (Å²) in [5, 5.41) is 3.02. The second-order valence-corrected chi connectivity index (χ2v) is 6.37. The molecule has 1 fully saturated rings. The van der Waals surface area contributed by atoms with Crippen LogP contribution in [0.25, 0.3) is 0 Å². The number of rotatable bonds is 5. The van der Waals surface area contributed by atoms with E-state index in [4.69, 9.17) is 0 Å². The number of carbonyl (C=O) groups is 1. The van der Waals surface area contributed by atoms with Crippen molar-refractivity contribution in [3.05, 3.63) is 33.8 Å². The van der Waals surface area contributed by atoms with Crippen LogP contribution in [0.15, 0.2) is 22.7 Å². The molecule has 0 radical (unpaired) electrons. The van der Waals surface area contributed by atoms with Crippen LogP contribution in [-0.2, 0) is 0 Å². The van der Waals surface area contributed by atoms with E-state index in [9.17, 15) is 4.79 Å². The number of amides is 1. The predicted molar refractivity (Wildman–Crippen MR) is 82.4 cm³/mol. The predicted octanol–water partition coefficient (Wildman–Crippen LogP) is 4.46. The normalized spacial score (nSPS) is 15.7. The van der Waals surface area contributed by atoms with Crippen LogP contribution in [0.2, 0.25) is 0 Å². The van der Waals surface area contributed by atoms with E-state index in [0.717, 1.165) is 34.5 Å². The van der Waals surface area contributed by atoms with E-state index in [1.807, 2.05) is 25.1 Å². The summed E-state index contributed by atoms with van der Waals surface area (Å²) in [6.07, 6.45) is 7.94. The van der Waals surface area contributed by atoms with Gasteiger partial charge in [0.2, 0.25) is 0 Å². The zero-order chi connectivity index (χ0) is 13.7. The average Bonchev–Trinajstić information content (AvgIpc) is 2.91. The molecule has 0 aliphatic heterocycles. The highest BCUT2D eigenvalue weighted by Gasteiger charge is 2.14. The van der Waals surface area contributed by atoms with Crippen LogP contribution in [0.1, 0.15) is 54.4 Å². The van der Waals surface area contributed by atoms with E-state index in [2.05, 4.69) is 21.2 Å². The van der Waals surface area contributed by atoms with Crippen molar-refractivity contribution in [2.45, 2.75) is 45.4 Å². The molecule has 1 aromatic carbocycles. The fourth-order valence-corrected chi connectivity index (χ4v) is 3.03. The van der Waals surface area contributed by atoms with Crippen molar-refractivity contribution in [1.29, 1.82) is 0 Å². The molecule has 0 heterocycles. The van der Waals surface area contributed by atoms with Gasteiger partial charge in [-0.3, -0.25) is 4.79 Å². The molecule has 0 bridgehead atoms. The molecule has 1 saturated carbocycles. The Labute approximate surface area is 124 Å². The Kier molecular flexibility index (Phi) is 5.44. The number of benzene rings is 1. The summed E-state index contributed by atoms with van der Waals surface area (Å²) in [7, 11) is 0. The number of halogens is 1. The van der Waals surface area contributed by atoms with Crippen LogP contribution in [0.4, 0.5) is 0 Å². The van der Waals surface area contributed by atoms with Gasteiger partial charge in [0.15, 0.2) is 0 Å². The highest BCUT2D eigenvalue weighted by molar-refractivity contribution is 9.10. The van der Waals surface area contributed by atoms with Crippen LogP contribution >= 0.6 is 15.9 Å². The molecular formula is C16H22BrNO. The quantitative estimate of drug-likeness (QED) is 0.796. The Bertz CT molecular complexity index is 438. The molecule has 2 nitrogen and oxygen atoms in total. The Balaban J connectivity index is 1.72. The van der Waals surface area contributed by atoms with Gasteiger partial charge in [-0.2, -0.15) is 0 Å². The maximum absolute atomic E-state index is 12.0. The van der Waals surface area contributed by atoms with E-state index >= 15 is 0 Å². The zero-order valence-corrected chi connectivity index (χ0v) is 13.1. The van der Waals surface area contributed by atoms with Crippen molar-refractivity contribution < 1.29 is 4.79 Å². The lowest BCUT2D eigenvalue weighted by molar-refractivity contribution is 0.0952.